The first-order valence-corrected chi connectivity index (χ1v) is 8.43. The van der Waals surface area contributed by atoms with Crippen LogP contribution in [0.3, 0.4) is 0 Å². The molecule has 1 aliphatic rings. The van der Waals surface area contributed by atoms with Gasteiger partial charge in [-0.05, 0) is 55.7 Å². The largest absolute Gasteiger partial charge is 0.371 e. The molecule has 2 aromatic rings. The molecule has 6 nitrogen and oxygen atoms in total. The third-order valence-electron chi connectivity index (χ3n) is 4.24. The van der Waals surface area contributed by atoms with Crippen LogP contribution in [0.4, 0.5) is 17.1 Å². The average Bonchev–Trinajstić information content (AvgIpc) is 3.12. The van der Waals surface area contributed by atoms with Crippen LogP contribution in [0.5, 0.6) is 0 Å². The summed E-state index contributed by atoms with van der Waals surface area (Å²) in [4.78, 5) is 30.1. The molecule has 0 radical (unpaired) electrons. The lowest BCUT2D eigenvalue weighted by Gasteiger charge is -2.17. The summed E-state index contributed by atoms with van der Waals surface area (Å²) in [6.45, 7) is 5.39. The predicted octanol–water partition coefficient (Wildman–Crippen LogP) is 3.20. The molecule has 0 atom stereocenters. The third kappa shape index (κ3) is 4.15. The highest BCUT2D eigenvalue weighted by Gasteiger charge is 2.15. The Hall–Kier alpha value is -2.89. The number of carbonyl (C=O) groups excluding carboxylic acids is 2. The normalized spacial score (nSPS) is 13.6. The van der Waals surface area contributed by atoms with Gasteiger partial charge in [-0.1, -0.05) is 0 Å². The van der Waals surface area contributed by atoms with Crippen LogP contribution in [-0.4, -0.2) is 29.9 Å². The molecule has 3 rings (SSSR count). The summed E-state index contributed by atoms with van der Waals surface area (Å²) in [6, 6.07) is 9.14. The zero-order valence-corrected chi connectivity index (χ0v) is 14.5. The fraction of sp³-hybridized carbons (Fsp3) is 0.316. The minimum atomic E-state index is -0.243. The monoisotopic (exact) mass is 338 g/mol. The zero-order valence-electron chi connectivity index (χ0n) is 14.5. The van der Waals surface area contributed by atoms with Crippen molar-refractivity contribution in [2.45, 2.75) is 26.7 Å². The summed E-state index contributed by atoms with van der Waals surface area (Å²) in [5.41, 5.74) is 3.72. The Kier molecular flexibility index (Phi) is 4.97. The number of hydrogen-bond acceptors (Lipinski definition) is 4. The van der Waals surface area contributed by atoms with E-state index in [4.69, 9.17) is 0 Å². The van der Waals surface area contributed by atoms with Gasteiger partial charge in [0.1, 0.15) is 5.69 Å². The van der Waals surface area contributed by atoms with Crippen LogP contribution in [0.2, 0.25) is 0 Å². The predicted molar refractivity (Wildman–Crippen MR) is 99.1 cm³/mol. The molecule has 0 unspecified atom stereocenters. The van der Waals surface area contributed by atoms with E-state index in [0.717, 1.165) is 30.0 Å². The maximum atomic E-state index is 12.5. The minimum Gasteiger partial charge on any atom is -0.371 e. The first-order valence-electron chi connectivity index (χ1n) is 8.43. The molecule has 0 saturated carbocycles. The highest BCUT2D eigenvalue weighted by Crippen LogP contribution is 2.22. The summed E-state index contributed by atoms with van der Waals surface area (Å²) >= 11 is 0. The van der Waals surface area contributed by atoms with Gasteiger partial charge in [-0.25, -0.2) is 0 Å². The summed E-state index contributed by atoms with van der Waals surface area (Å²) < 4.78 is 0. The van der Waals surface area contributed by atoms with Gasteiger partial charge in [-0.3, -0.25) is 14.6 Å². The first-order chi connectivity index (χ1) is 12.0. The number of aromatic nitrogens is 1. The summed E-state index contributed by atoms with van der Waals surface area (Å²) in [5, 5.41) is 5.62. The van der Waals surface area contributed by atoms with Crippen LogP contribution in [-0.2, 0) is 4.79 Å². The fourth-order valence-electron chi connectivity index (χ4n) is 2.98. The van der Waals surface area contributed by atoms with Crippen molar-refractivity contribution in [3.8, 4) is 0 Å². The van der Waals surface area contributed by atoms with Crippen molar-refractivity contribution in [3.63, 3.8) is 0 Å². The fourth-order valence-corrected chi connectivity index (χ4v) is 2.98. The summed E-state index contributed by atoms with van der Waals surface area (Å²) in [5.74, 6) is -0.365. The Labute approximate surface area is 147 Å². The molecule has 0 spiro atoms. The van der Waals surface area contributed by atoms with Crippen molar-refractivity contribution in [1.82, 2.24) is 4.98 Å². The molecule has 0 aliphatic carbocycles. The number of rotatable bonds is 4. The lowest BCUT2D eigenvalue weighted by molar-refractivity contribution is -0.114. The third-order valence-corrected chi connectivity index (χ3v) is 4.24. The second-order valence-electron chi connectivity index (χ2n) is 6.26. The molecule has 25 heavy (non-hydrogen) atoms. The van der Waals surface area contributed by atoms with Crippen LogP contribution in [0.25, 0.3) is 0 Å². The number of anilines is 3. The molecule has 2 amide bonds. The van der Waals surface area contributed by atoms with Gasteiger partial charge in [0.25, 0.3) is 5.91 Å². The van der Waals surface area contributed by atoms with E-state index >= 15 is 0 Å². The van der Waals surface area contributed by atoms with E-state index in [0.29, 0.717) is 11.4 Å². The second-order valence-corrected chi connectivity index (χ2v) is 6.26. The van der Waals surface area contributed by atoms with Crippen LogP contribution < -0.4 is 15.5 Å². The number of benzene rings is 1. The number of nitrogens with one attached hydrogen (secondary N) is 2. The number of carbonyl (C=O) groups is 2. The van der Waals surface area contributed by atoms with Gasteiger partial charge in [-0.15, -0.1) is 0 Å². The van der Waals surface area contributed by atoms with Crippen molar-refractivity contribution in [2.24, 2.45) is 0 Å². The first kappa shape index (κ1) is 17.0. The maximum absolute atomic E-state index is 12.5. The van der Waals surface area contributed by atoms with Gasteiger partial charge < -0.3 is 15.5 Å². The summed E-state index contributed by atoms with van der Waals surface area (Å²) in [7, 11) is 0. The smallest absolute Gasteiger partial charge is 0.274 e. The number of pyridine rings is 1. The van der Waals surface area contributed by atoms with E-state index < -0.39 is 0 Å². The Morgan fingerprint density at radius 3 is 2.52 bits per heavy atom. The molecule has 6 heteroatoms. The van der Waals surface area contributed by atoms with Gasteiger partial charge in [-0.2, -0.15) is 0 Å². The van der Waals surface area contributed by atoms with Gasteiger partial charge in [0.05, 0.1) is 0 Å². The van der Waals surface area contributed by atoms with E-state index in [-0.39, 0.29) is 11.8 Å². The van der Waals surface area contributed by atoms with Crippen molar-refractivity contribution < 1.29 is 9.59 Å². The average molecular weight is 338 g/mol. The van der Waals surface area contributed by atoms with Crippen LogP contribution in [0.15, 0.2) is 36.5 Å². The number of nitrogens with zero attached hydrogens (tertiary/aromatic N) is 2. The highest BCUT2D eigenvalue weighted by molar-refractivity contribution is 6.03. The molecular formula is C19H22N4O2. The lowest BCUT2D eigenvalue weighted by atomic mass is 10.1. The molecular weight excluding hydrogens is 316 g/mol. The van der Waals surface area contributed by atoms with Crippen molar-refractivity contribution in [2.75, 3.05) is 28.6 Å². The van der Waals surface area contributed by atoms with Crippen molar-refractivity contribution in [1.29, 1.82) is 0 Å². The zero-order chi connectivity index (χ0) is 17.8. The van der Waals surface area contributed by atoms with E-state index in [2.05, 4.69) is 20.5 Å². The van der Waals surface area contributed by atoms with E-state index in [9.17, 15) is 9.59 Å². The van der Waals surface area contributed by atoms with Crippen LogP contribution >= 0.6 is 0 Å². The molecule has 0 bridgehead atoms. The van der Waals surface area contributed by atoms with Gasteiger partial charge >= 0.3 is 0 Å². The summed E-state index contributed by atoms with van der Waals surface area (Å²) in [6.07, 6.45) is 4.04. The molecule has 130 valence electrons. The van der Waals surface area contributed by atoms with E-state index in [1.807, 2.05) is 25.1 Å². The van der Waals surface area contributed by atoms with Crippen molar-refractivity contribution in [3.05, 3.63) is 47.8 Å². The van der Waals surface area contributed by atoms with Gasteiger partial charge in [0, 0.05) is 43.3 Å². The Balaban J connectivity index is 1.72. The number of hydrogen-bond donors (Lipinski definition) is 2. The molecule has 1 aromatic carbocycles. The molecule has 1 fully saturated rings. The second kappa shape index (κ2) is 7.34. The van der Waals surface area contributed by atoms with Gasteiger partial charge in [0.15, 0.2) is 0 Å². The Bertz CT molecular complexity index is 798. The Morgan fingerprint density at radius 1 is 1.08 bits per heavy atom. The molecule has 1 saturated heterocycles. The highest BCUT2D eigenvalue weighted by atomic mass is 16.2. The topological polar surface area (TPSA) is 74.3 Å². The molecule has 2 heterocycles. The Morgan fingerprint density at radius 2 is 1.84 bits per heavy atom. The number of aryl methyl sites for hydroxylation is 1. The van der Waals surface area contributed by atoms with Crippen molar-refractivity contribution >= 4 is 28.9 Å². The number of amides is 2. The standard InChI is InChI=1S/C19H22N4O2/c1-13-11-15(5-6-17(13)21-14(2)24)22-19(25)18-12-16(7-8-20-18)23-9-3-4-10-23/h5-8,11-12H,3-4,9-10H2,1-2H3,(H,21,24)(H,22,25). The maximum Gasteiger partial charge on any atom is 0.274 e. The quantitative estimate of drug-likeness (QED) is 0.898. The SMILES string of the molecule is CC(=O)Nc1ccc(NC(=O)c2cc(N3CCCC3)ccn2)cc1C. The van der Waals surface area contributed by atoms with E-state index in [1.54, 1.807) is 18.3 Å². The lowest BCUT2D eigenvalue weighted by Crippen LogP contribution is -2.19. The van der Waals surface area contributed by atoms with Gasteiger partial charge in [0.2, 0.25) is 5.91 Å². The van der Waals surface area contributed by atoms with E-state index in [1.165, 1.54) is 19.8 Å². The molecule has 1 aromatic heterocycles. The van der Waals surface area contributed by atoms with Crippen LogP contribution in [0.1, 0.15) is 35.8 Å². The molecule has 2 N–H and O–H groups in total. The molecule has 1 aliphatic heterocycles. The minimum absolute atomic E-state index is 0.122. The van der Waals surface area contributed by atoms with Crippen LogP contribution in [0, 0.1) is 6.92 Å².